The minimum absolute atomic E-state index is 0.0535. The molecule has 5 nitrogen and oxygen atoms in total. The molecule has 0 radical (unpaired) electrons. The number of thioether (sulfide) groups is 1. The molecule has 0 aromatic heterocycles. The molecule has 1 saturated heterocycles. The van der Waals surface area contributed by atoms with E-state index < -0.39 is 0 Å². The number of benzene rings is 1. The van der Waals surface area contributed by atoms with Gasteiger partial charge in [0.15, 0.2) is 0 Å². The molecule has 0 unspecified atom stereocenters. The lowest BCUT2D eigenvalue weighted by atomic mass is 10.1. The van der Waals surface area contributed by atoms with Crippen molar-refractivity contribution in [3.05, 3.63) is 35.9 Å². The summed E-state index contributed by atoms with van der Waals surface area (Å²) < 4.78 is 0. The molecule has 1 fully saturated rings. The van der Waals surface area contributed by atoms with Crippen molar-refractivity contribution in [3.63, 3.8) is 0 Å². The van der Waals surface area contributed by atoms with Crippen LogP contribution in [0.3, 0.4) is 0 Å². The van der Waals surface area contributed by atoms with Crippen molar-refractivity contribution in [1.82, 2.24) is 15.5 Å². The molecular weight excluding hydrogens is 298 g/mol. The number of carbonyl (C=O) groups excluding carboxylic acids is 2. The van der Waals surface area contributed by atoms with Crippen LogP contribution in [-0.4, -0.2) is 54.4 Å². The summed E-state index contributed by atoms with van der Waals surface area (Å²) in [6.07, 6.45) is 2.22. The lowest BCUT2D eigenvalue weighted by Crippen LogP contribution is -2.56. The van der Waals surface area contributed by atoms with Gasteiger partial charge in [0.2, 0.25) is 11.8 Å². The van der Waals surface area contributed by atoms with Crippen LogP contribution in [0.15, 0.2) is 30.3 Å². The van der Waals surface area contributed by atoms with Gasteiger partial charge in [-0.05, 0) is 11.8 Å². The normalized spacial score (nSPS) is 18.8. The summed E-state index contributed by atoms with van der Waals surface area (Å²) in [7, 11) is 0. The smallest absolute Gasteiger partial charge is 0.237 e. The molecule has 2 amide bonds. The Kier molecular flexibility index (Phi) is 6.74. The van der Waals surface area contributed by atoms with Gasteiger partial charge in [-0.25, -0.2) is 0 Å². The van der Waals surface area contributed by atoms with Gasteiger partial charge < -0.3 is 10.6 Å². The molecule has 2 N–H and O–H groups in total. The second-order valence-corrected chi connectivity index (χ2v) is 6.30. The minimum atomic E-state index is -0.386. The van der Waals surface area contributed by atoms with Crippen molar-refractivity contribution >= 4 is 23.6 Å². The summed E-state index contributed by atoms with van der Waals surface area (Å²) >= 11 is 1.69. The standard InChI is InChI=1S/C16H23N3O2S/c1-22-10-8-17-15(20)11-14-16(21)18-7-9-19(14)12-13-5-3-2-4-6-13/h2-6,14H,7-12H2,1H3,(H,17,20)(H,18,21)/t14-/m1/s1. The van der Waals surface area contributed by atoms with Crippen LogP contribution in [0.4, 0.5) is 0 Å². The molecule has 1 aromatic rings. The van der Waals surface area contributed by atoms with E-state index in [1.807, 2.05) is 36.6 Å². The van der Waals surface area contributed by atoms with Gasteiger partial charge in [-0.1, -0.05) is 30.3 Å². The quantitative estimate of drug-likeness (QED) is 0.731. The van der Waals surface area contributed by atoms with Crippen molar-refractivity contribution in [2.24, 2.45) is 0 Å². The summed E-state index contributed by atoms with van der Waals surface area (Å²) in [6.45, 7) is 2.74. The number of hydrogen-bond donors (Lipinski definition) is 2. The summed E-state index contributed by atoms with van der Waals surface area (Å²) in [5.41, 5.74) is 1.16. The molecule has 2 rings (SSSR count). The van der Waals surface area contributed by atoms with E-state index in [4.69, 9.17) is 0 Å². The molecule has 0 saturated carbocycles. The molecule has 0 spiro atoms. The highest BCUT2D eigenvalue weighted by Crippen LogP contribution is 2.13. The van der Waals surface area contributed by atoms with Crippen LogP contribution in [0.5, 0.6) is 0 Å². The lowest BCUT2D eigenvalue weighted by molar-refractivity contribution is -0.134. The van der Waals surface area contributed by atoms with Crippen molar-refractivity contribution in [3.8, 4) is 0 Å². The van der Waals surface area contributed by atoms with Crippen LogP contribution in [0.1, 0.15) is 12.0 Å². The first-order chi connectivity index (χ1) is 10.7. The Morgan fingerprint density at radius 2 is 2.18 bits per heavy atom. The number of nitrogens with zero attached hydrogens (tertiary/aromatic N) is 1. The van der Waals surface area contributed by atoms with Gasteiger partial charge in [-0.2, -0.15) is 11.8 Å². The topological polar surface area (TPSA) is 61.4 Å². The fraction of sp³-hybridized carbons (Fsp3) is 0.500. The van der Waals surface area contributed by atoms with Gasteiger partial charge in [0, 0.05) is 31.9 Å². The average molecular weight is 321 g/mol. The average Bonchev–Trinajstić information content (AvgIpc) is 2.52. The Morgan fingerprint density at radius 1 is 1.41 bits per heavy atom. The zero-order valence-electron chi connectivity index (χ0n) is 12.9. The number of amides is 2. The molecular formula is C16H23N3O2S. The predicted molar refractivity (Wildman–Crippen MR) is 89.7 cm³/mol. The zero-order valence-corrected chi connectivity index (χ0v) is 13.7. The number of rotatable bonds is 7. The Balaban J connectivity index is 1.94. The molecule has 22 heavy (non-hydrogen) atoms. The second kappa shape index (κ2) is 8.80. The molecule has 6 heteroatoms. The van der Waals surface area contributed by atoms with Crippen LogP contribution >= 0.6 is 11.8 Å². The monoisotopic (exact) mass is 321 g/mol. The highest BCUT2D eigenvalue weighted by molar-refractivity contribution is 7.98. The van der Waals surface area contributed by atoms with E-state index in [1.54, 1.807) is 11.8 Å². The summed E-state index contributed by atoms with van der Waals surface area (Å²) in [4.78, 5) is 26.2. The summed E-state index contributed by atoms with van der Waals surface area (Å²) in [5.74, 6) is 0.771. The summed E-state index contributed by atoms with van der Waals surface area (Å²) in [6, 6.07) is 9.66. The molecule has 1 atom stereocenters. The van der Waals surface area contributed by atoms with E-state index in [2.05, 4.69) is 15.5 Å². The zero-order chi connectivity index (χ0) is 15.8. The molecule has 120 valence electrons. The number of carbonyl (C=O) groups is 2. The van der Waals surface area contributed by atoms with Crippen LogP contribution in [-0.2, 0) is 16.1 Å². The maximum absolute atomic E-state index is 12.1. The maximum Gasteiger partial charge on any atom is 0.237 e. The van der Waals surface area contributed by atoms with Crippen molar-refractivity contribution in [2.45, 2.75) is 19.0 Å². The fourth-order valence-corrected chi connectivity index (χ4v) is 2.84. The van der Waals surface area contributed by atoms with E-state index in [1.165, 1.54) is 0 Å². The first-order valence-corrected chi connectivity index (χ1v) is 8.91. The predicted octanol–water partition coefficient (Wildman–Crippen LogP) is 0.856. The third-order valence-corrected chi connectivity index (χ3v) is 4.29. The van der Waals surface area contributed by atoms with E-state index in [0.717, 1.165) is 17.9 Å². The molecule has 1 aromatic carbocycles. The number of piperazine rings is 1. The van der Waals surface area contributed by atoms with Crippen molar-refractivity contribution < 1.29 is 9.59 Å². The first-order valence-electron chi connectivity index (χ1n) is 7.52. The van der Waals surface area contributed by atoms with E-state index >= 15 is 0 Å². The molecule has 1 aliphatic heterocycles. The molecule has 0 aliphatic carbocycles. The highest BCUT2D eigenvalue weighted by Gasteiger charge is 2.31. The van der Waals surface area contributed by atoms with Crippen LogP contribution < -0.4 is 10.6 Å². The molecule has 0 bridgehead atoms. The van der Waals surface area contributed by atoms with Crippen molar-refractivity contribution in [2.75, 3.05) is 31.6 Å². The van der Waals surface area contributed by atoms with Gasteiger partial charge >= 0.3 is 0 Å². The minimum Gasteiger partial charge on any atom is -0.355 e. The highest BCUT2D eigenvalue weighted by atomic mass is 32.2. The van der Waals surface area contributed by atoms with Crippen LogP contribution in [0, 0.1) is 0 Å². The van der Waals surface area contributed by atoms with Gasteiger partial charge in [0.25, 0.3) is 0 Å². The largest absolute Gasteiger partial charge is 0.355 e. The lowest BCUT2D eigenvalue weighted by Gasteiger charge is -2.34. The maximum atomic E-state index is 12.1. The Hall–Kier alpha value is -1.53. The fourth-order valence-electron chi connectivity index (χ4n) is 2.53. The Labute approximate surface area is 135 Å². The number of nitrogens with one attached hydrogen (secondary N) is 2. The van der Waals surface area contributed by atoms with E-state index in [0.29, 0.717) is 19.6 Å². The third kappa shape index (κ3) is 5.03. The second-order valence-electron chi connectivity index (χ2n) is 5.31. The van der Waals surface area contributed by atoms with Crippen LogP contribution in [0.2, 0.25) is 0 Å². The van der Waals surface area contributed by atoms with Gasteiger partial charge in [0.1, 0.15) is 0 Å². The van der Waals surface area contributed by atoms with Gasteiger partial charge in [0.05, 0.1) is 12.5 Å². The molecule has 1 heterocycles. The molecule has 1 aliphatic rings. The van der Waals surface area contributed by atoms with Gasteiger partial charge in [-0.15, -0.1) is 0 Å². The SMILES string of the molecule is CSCCNC(=O)C[C@@H]1C(=O)NCCN1Cc1ccccc1. The summed E-state index contributed by atoms with van der Waals surface area (Å²) in [5, 5.41) is 5.73. The first kappa shape index (κ1) is 16.8. The Morgan fingerprint density at radius 3 is 2.91 bits per heavy atom. The van der Waals surface area contributed by atoms with Crippen molar-refractivity contribution in [1.29, 1.82) is 0 Å². The van der Waals surface area contributed by atoms with Gasteiger partial charge in [-0.3, -0.25) is 14.5 Å². The van der Waals surface area contributed by atoms with E-state index in [-0.39, 0.29) is 24.3 Å². The number of hydrogen-bond acceptors (Lipinski definition) is 4. The van der Waals surface area contributed by atoms with Crippen LogP contribution in [0.25, 0.3) is 0 Å². The Bertz CT molecular complexity index is 495. The van der Waals surface area contributed by atoms with E-state index in [9.17, 15) is 9.59 Å². The third-order valence-electron chi connectivity index (χ3n) is 3.68.